The number of aryl methyl sites for hydroxylation is 1. The van der Waals surface area contributed by atoms with E-state index in [9.17, 15) is 0 Å². The molecule has 3 rings (SSSR count). The Bertz CT molecular complexity index is 662. The molecule has 5 heteroatoms. The van der Waals surface area contributed by atoms with Crippen LogP contribution < -0.4 is 19.5 Å². The zero-order valence-corrected chi connectivity index (χ0v) is 16.3. The minimum Gasteiger partial charge on any atom is -0.493 e. The predicted octanol–water partition coefficient (Wildman–Crippen LogP) is 4.27. The van der Waals surface area contributed by atoms with Crippen LogP contribution in [0.15, 0.2) is 42.5 Å². The molecule has 1 aliphatic heterocycles. The van der Waals surface area contributed by atoms with Gasteiger partial charge in [0.25, 0.3) is 0 Å². The van der Waals surface area contributed by atoms with Crippen LogP contribution in [0.4, 0.5) is 0 Å². The Hall–Kier alpha value is -1.85. The molecule has 1 aliphatic rings. The summed E-state index contributed by atoms with van der Waals surface area (Å²) in [5.74, 6) is 4.42. The lowest BCUT2D eigenvalue weighted by atomic mass is 10.0. The van der Waals surface area contributed by atoms with Crippen LogP contribution in [0.1, 0.15) is 24.0 Å². The van der Waals surface area contributed by atoms with E-state index in [0.717, 1.165) is 35.8 Å². The minimum absolute atomic E-state index is 0.484. The molecule has 0 aromatic heterocycles. The van der Waals surface area contributed by atoms with Crippen LogP contribution in [-0.4, -0.2) is 31.9 Å². The van der Waals surface area contributed by atoms with E-state index in [2.05, 4.69) is 17.4 Å². The Morgan fingerprint density at radius 2 is 1.77 bits per heavy atom. The zero-order valence-electron chi connectivity index (χ0n) is 15.5. The first-order valence-electron chi connectivity index (χ1n) is 9.03. The Morgan fingerprint density at radius 3 is 2.38 bits per heavy atom. The minimum atomic E-state index is 0.484. The molecule has 1 unspecified atom stereocenters. The van der Waals surface area contributed by atoms with Crippen LogP contribution >= 0.6 is 11.8 Å². The van der Waals surface area contributed by atoms with Crippen LogP contribution in [-0.2, 0) is 13.0 Å². The molecular weight excluding hydrogens is 346 g/mol. The molecule has 1 saturated heterocycles. The fourth-order valence-electron chi connectivity index (χ4n) is 3.13. The molecule has 0 saturated carbocycles. The molecule has 140 valence electrons. The predicted molar refractivity (Wildman–Crippen MR) is 108 cm³/mol. The first-order chi connectivity index (χ1) is 12.8. The van der Waals surface area contributed by atoms with Crippen LogP contribution in [0, 0.1) is 0 Å². The topological polar surface area (TPSA) is 39.7 Å². The van der Waals surface area contributed by atoms with Gasteiger partial charge in [-0.1, -0.05) is 30.3 Å². The highest BCUT2D eigenvalue weighted by Gasteiger charge is 2.16. The molecule has 0 amide bonds. The number of rotatable bonds is 9. The van der Waals surface area contributed by atoms with Crippen molar-refractivity contribution < 1.29 is 14.2 Å². The van der Waals surface area contributed by atoms with Gasteiger partial charge in [-0.2, -0.15) is 0 Å². The Kier molecular flexibility index (Phi) is 7.09. The van der Waals surface area contributed by atoms with Gasteiger partial charge in [-0.15, -0.1) is 11.8 Å². The van der Waals surface area contributed by atoms with Crippen molar-refractivity contribution in [2.45, 2.75) is 31.9 Å². The number of methoxy groups -OCH3 is 2. The summed E-state index contributed by atoms with van der Waals surface area (Å²) in [5.41, 5.74) is 2.33. The summed E-state index contributed by atoms with van der Waals surface area (Å²) < 4.78 is 17.2. The molecule has 2 aromatic carbocycles. The maximum absolute atomic E-state index is 6.01. The van der Waals surface area contributed by atoms with Gasteiger partial charge in [-0.3, -0.25) is 0 Å². The first-order valence-corrected chi connectivity index (χ1v) is 10.2. The van der Waals surface area contributed by atoms with E-state index >= 15 is 0 Å². The maximum Gasteiger partial charge on any atom is 0.203 e. The van der Waals surface area contributed by atoms with E-state index in [4.69, 9.17) is 14.2 Å². The van der Waals surface area contributed by atoms with Crippen molar-refractivity contribution in [2.75, 3.05) is 25.8 Å². The Morgan fingerprint density at radius 1 is 1.04 bits per heavy atom. The van der Waals surface area contributed by atoms with Gasteiger partial charge in [0.2, 0.25) is 5.75 Å². The third-order valence-electron chi connectivity index (χ3n) is 4.56. The summed E-state index contributed by atoms with van der Waals surface area (Å²) in [4.78, 5) is 0. The van der Waals surface area contributed by atoms with Crippen LogP contribution in [0.25, 0.3) is 0 Å². The zero-order chi connectivity index (χ0) is 18.2. The van der Waals surface area contributed by atoms with Crippen molar-refractivity contribution in [3.05, 3.63) is 53.6 Å². The van der Waals surface area contributed by atoms with E-state index in [1.165, 1.54) is 17.7 Å². The quantitative estimate of drug-likeness (QED) is 0.711. The monoisotopic (exact) mass is 373 g/mol. The number of benzene rings is 2. The smallest absolute Gasteiger partial charge is 0.203 e. The molecule has 2 aromatic rings. The number of ether oxygens (including phenoxy) is 3. The fourth-order valence-corrected chi connectivity index (χ4v) is 4.17. The van der Waals surface area contributed by atoms with Crippen molar-refractivity contribution in [3.63, 3.8) is 0 Å². The highest BCUT2D eigenvalue weighted by molar-refractivity contribution is 7.99. The molecule has 1 fully saturated rings. The van der Waals surface area contributed by atoms with Gasteiger partial charge >= 0.3 is 0 Å². The number of hydrogen-bond donors (Lipinski definition) is 1. The van der Waals surface area contributed by atoms with Gasteiger partial charge in [-0.05, 0) is 42.5 Å². The second kappa shape index (κ2) is 9.74. The molecule has 0 bridgehead atoms. The number of hydrogen-bond acceptors (Lipinski definition) is 5. The number of thioether (sulfide) groups is 1. The average Bonchev–Trinajstić information content (AvgIpc) is 3.20. The molecular formula is C21H27NO3S. The third kappa shape index (κ3) is 5.08. The summed E-state index contributed by atoms with van der Waals surface area (Å²) in [6.07, 6.45) is 3.35. The van der Waals surface area contributed by atoms with Crippen LogP contribution in [0.2, 0.25) is 0 Å². The summed E-state index contributed by atoms with van der Waals surface area (Å²) in [5, 5.41) is 3.52. The van der Waals surface area contributed by atoms with Gasteiger partial charge in [0.15, 0.2) is 11.5 Å². The van der Waals surface area contributed by atoms with Gasteiger partial charge in [-0.25, -0.2) is 0 Å². The summed E-state index contributed by atoms with van der Waals surface area (Å²) in [6, 6.07) is 14.9. The summed E-state index contributed by atoms with van der Waals surface area (Å²) in [7, 11) is 3.35. The molecule has 0 radical (unpaired) electrons. The van der Waals surface area contributed by atoms with Gasteiger partial charge in [0, 0.05) is 17.7 Å². The first kappa shape index (κ1) is 18.9. The normalized spacial score (nSPS) is 16.5. The molecule has 26 heavy (non-hydrogen) atoms. The lowest BCUT2D eigenvalue weighted by molar-refractivity contribution is 0.265. The van der Waals surface area contributed by atoms with Crippen LogP contribution in [0.3, 0.4) is 0 Å². The third-order valence-corrected chi connectivity index (χ3v) is 5.57. The molecule has 1 atom stereocenters. The second-order valence-corrected chi connectivity index (χ2v) is 7.44. The van der Waals surface area contributed by atoms with Crippen molar-refractivity contribution in [2.24, 2.45) is 0 Å². The van der Waals surface area contributed by atoms with E-state index in [0.29, 0.717) is 18.4 Å². The highest BCUT2D eigenvalue weighted by Crippen LogP contribution is 2.39. The van der Waals surface area contributed by atoms with E-state index in [1.54, 1.807) is 14.2 Å². The van der Waals surface area contributed by atoms with Crippen molar-refractivity contribution in [1.29, 1.82) is 0 Å². The van der Waals surface area contributed by atoms with Crippen molar-refractivity contribution >= 4 is 11.8 Å². The lowest BCUT2D eigenvalue weighted by Gasteiger charge is -2.16. The second-order valence-electron chi connectivity index (χ2n) is 6.41. The SMILES string of the molecule is COc1cc(CCCC2CSCN2)cc(OC)c1OCc1ccccc1. The van der Waals surface area contributed by atoms with Gasteiger partial charge < -0.3 is 19.5 Å². The molecule has 1 heterocycles. The number of nitrogens with one attached hydrogen (secondary N) is 1. The van der Waals surface area contributed by atoms with Gasteiger partial charge in [0.05, 0.1) is 14.2 Å². The van der Waals surface area contributed by atoms with Crippen LogP contribution in [0.5, 0.6) is 17.2 Å². The average molecular weight is 374 g/mol. The summed E-state index contributed by atoms with van der Waals surface area (Å²) in [6.45, 7) is 0.484. The maximum atomic E-state index is 6.01. The van der Waals surface area contributed by atoms with E-state index in [1.807, 2.05) is 42.1 Å². The molecule has 0 spiro atoms. The highest BCUT2D eigenvalue weighted by atomic mass is 32.2. The van der Waals surface area contributed by atoms with Crippen molar-refractivity contribution in [1.82, 2.24) is 5.32 Å². The standard InChI is InChI=1S/C21H27NO3S/c1-23-19-11-17(9-6-10-18-14-26-15-22-18)12-20(24-2)21(19)25-13-16-7-4-3-5-8-16/h3-5,7-8,11-12,18,22H,6,9-10,13-15H2,1-2H3. The largest absolute Gasteiger partial charge is 0.493 e. The lowest BCUT2D eigenvalue weighted by Crippen LogP contribution is -2.23. The Labute approximate surface area is 160 Å². The van der Waals surface area contributed by atoms with E-state index < -0.39 is 0 Å². The molecule has 4 nitrogen and oxygen atoms in total. The molecule has 0 aliphatic carbocycles. The van der Waals surface area contributed by atoms with Crippen molar-refractivity contribution in [3.8, 4) is 17.2 Å². The Balaban J connectivity index is 1.66. The molecule has 1 N–H and O–H groups in total. The van der Waals surface area contributed by atoms with E-state index in [-0.39, 0.29) is 0 Å². The summed E-state index contributed by atoms with van der Waals surface area (Å²) >= 11 is 1.98. The van der Waals surface area contributed by atoms with Gasteiger partial charge in [0.1, 0.15) is 6.61 Å². The fraction of sp³-hybridized carbons (Fsp3) is 0.429.